The Balaban J connectivity index is 2.00. The van der Waals surface area contributed by atoms with E-state index in [0.29, 0.717) is 0 Å². The van der Waals surface area contributed by atoms with E-state index in [1.54, 1.807) is 0 Å². The lowest BCUT2D eigenvalue weighted by Gasteiger charge is -2.16. The SMILES string of the molecule is Cc1ccccc1[C@H](C)NC(=O)COc1cc(F)ccc1[N+](=O)[O-]. The van der Waals surface area contributed by atoms with Crippen molar-refractivity contribution in [3.63, 3.8) is 0 Å². The van der Waals surface area contributed by atoms with Crippen molar-refractivity contribution in [2.45, 2.75) is 19.9 Å². The maximum atomic E-state index is 13.2. The van der Waals surface area contributed by atoms with Crippen LogP contribution in [0.15, 0.2) is 42.5 Å². The van der Waals surface area contributed by atoms with Crippen LogP contribution in [0.5, 0.6) is 5.75 Å². The van der Waals surface area contributed by atoms with Crippen molar-refractivity contribution in [3.05, 3.63) is 69.5 Å². The molecule has 0 saturated heterocycles. The van der Waals surface area contributed by atoms with E-state index in [-0.39, 0.29) is 11.8 Å². The second-order valence-electron chi connectivity index (χ2n) is 5.30. The van der Waals surface area contributed by atoms with Crippen molar-refractivity contribution in [3.8, 4) is 5.75 Å². The van der Waals surface area contributed by atoms with Crippen molar-refractivity contribution in [2.75, 3.05) is 6.61 Å². The number of halogens is 1. The van der Waals surface area contributed by atoms with Gasteiger partial charge in [-0.1, -0.05) is 24.3 Å². The van der Waals surface area contributed by atoms with Gasteiger partial charge in [0.2, 0.25) is 5.75 Å². The van der Waals surface area contributed by atoms with E-state index in [9.17, 15) is 19.3 Å². The number of carbonyl (C=O) groups excluding carboxylic acids is 1. The number of ether oxygens (including phenoxy) is 1. The summed E-state index contributed by atoms with van der Waals surface area (Å²) >= 11 is 0. The Morgan fingerprint density at radius 1 is 1.33 bits per heavy atom. The van der Waals surface area contributed by atoms with Gasteiger partial charge >= 0.3 is 5.69 Å². The Hall–Kier alpha value is -2.96. The van der Waals surface area contributed by atoms with Crippen molar-refractivity contribution in [2.24, 2.45) is 0 Å². The van der Waals surface area contributed by atoms with Crippen LogP contribution in [0, 0.1) is 22.9 Å². The normalized spacial score (nSPS) is 11.6. The Morgan fingerprint density at radius 3 is 2.71 bits per heavy atom. The maximum Gasteiger partial charge on any atom is 0.311 e. The van der Waals surface area contributed by atoms with Gasteiger partial charge in [-0.05, 0) is 31.0 Å². The average Bonchev–Trinajstić information content (AvgIpc) is 2.53. The highest BCUT2D eigenvalue weighted by Gasteiger charge is 2.18. The number of aryl methyl sites for hydroxylation is 1. The third-order valence-corrected chi connectivity index (χ3v) is 3.51. The molecule has 2 aromatic carbocycles. The highest BCUT2D eigenvalue weighted by Crippen LogP contribution is 2.27. The third kappa shape index (κ3) is 4.28. The molecule has 7 heteroatoms. The van der Waals surface area contributed by atoms with Gasteiger partial charge in [0.05, 0.1) is 11.0 Å². The van der Waals surface area contributed by atoms with Crippen LogP contribution in [0.3, 0.4) is 0 Å². The first-order valence-corrected chi connectivity index (χ1v) is 7.30. The van der Waals surface area contributed by atoms with Crippen LogP contribution in [-0.2, 0) is 4.79 Å². The molecule has 2 aromatic rings. The predicted molar refractivity (Wildman–Crippen MR) is 86.3 cm³/mol. The van der Waals surface area contributed by atoms with Crippen molar-refractivity contribution >= 4 is 11.6 Å². The highest BCUT2D eigenvalue weighted by molar-refractivity contribution is 5.78. The van der Waals surface area contributed by atoms with Crippen LogP contribution in [0.1, 0.15) is 24.1 Å². The lowest BCUT2D eigenvalue weighted by Crippen LogP contribution is -2.31. The first-order chi connectivity index (χ1) is 11.4. The molecule has 0 bridgehead atoms. The van der Waals surface area contributed by atoms with Gasteiger partial charge in [-0.25, -0.2) is 4.39 Å². The smallest absolute Gasteiger partial charge is 0.311 e. The molecule has 2 rings (SSSR count). The number of nitro groups is 1. The summed E-state index contributed by atoms with van der Waals surface area (Å²) in [6, 6.07) is 10.2. The zero-order valence-electron chi connectivity index (χ0n) is 13.3. The average molecular weight is 332 g/mol. The number of nitro benzene ring substituents is 1. The fraction of sp³-hybridized carbons (Fsp3) is 0.235. The molecule has 0 aliphatic rings. The summed E-state index contributed by atoms with van der Waals surface area (Å²) in [6.45, 7) is 3.32. The molecule has 0 aliphatic heterocycles. The van der Waals surface area contributed by atoms with Gasteiger partial charge in [-0.2, -0.15) is 0 Å². The van der Waals surface area contributed by atoms with Gasteiger partial charge in [0, 0.05) is 12.1 Å². The van der Waals surface area contributed by atoms with Gasteiger partial charge in [0.25, 0.3) is 5.91 Å². The predicted octanol–water partition coefficient (Wildman–Crippen LogP) is 3.30. The molecule has 1 N–H and O–H groups in total. The van der Waals surface area contributed by atoms with Crippen molar-refractivity contribution in [1.82, 2.24) is 5.32 Å². The number of hydrogen-bond donors (Lipinski definition) is 1. The number of amides is 1. The van der Waals surface area contributed by atoms with Crippen LogP contribution >= 0.6 is 0 Å². The second-order valence-corrected chi connectivity index (χ2v) is 5.30. The number of nitrogens with one attached hydrogen (secondary N) is 1. The molecular formula is C17H17FN2O4. The molecule has 6 nitrogen and oxygen atoms in total. The zero-order valence-corrected chi connectivity index (χ0v) is 13.3. The van der Waals surface area contributed by atoms with Gasteiger partial charge in [0.1, 0.15) is 5.82 Å². The molecule has 1 atom stereocenters. The second kappa shape index (κ2) is 7.54. The summed E-state index contributed by atoms with van der Waals surface area (Å²) < 4.78 is 18.3. The monoisotopic (exact) mass is 332 g/mol. The van der Waals surface area contributed by atoms with Gasteiger partial charge in [-0.3, -0.25) is 14.9 Å². The van der Waals surface area contributed by atoms with Crippen molar-refractivity contribution in [1.29, 1.82) is 0 Å². The Bertz CT molecular complexity index is 764. The summed E-state index contributed by atoms with van der Waals surface area (Å²) in [5, 5.41) is 13.6. The summed E-state index contributed by atoms with van der Waals surface area (Å²) in [4.78, 5) is 22.2. The number of nitrogens with zero attached hydrogens (tertiary/aromatic N) is 1. The molecule has 1 amide bonds. The van der Waals surface area contributed by atoms with E-state index in [1.165, 1.54) is 0 Å². The minimum Gasteiger partial charge on any atom is -0.477 e. The minimum absolute atomic E-state index is 0.246. The van der Waals surface area contributed by atoms with Crippen LogP contribution in [0.2, 0.25) is 0 Å². The third-order valence-electron chi connectivity index (χ3n) is 3.51. The molecule has 0 saturated carbocycles. The summed E-state index contributed by atoms with van der Waals surface area (Å²) in [7, 11) is 0. The first-order valence-electron chi connectivity index (χ1n) is 7.30. The van der Waals surface area contributed by atoms with E-state index in [4.69, 9.17) is 4.74 Å². The van der Waals surface area contributed by atoms with E-state index < -0.39 is 28.9 Å². The Morgan fingerprint density at radius 2 is 2.04 bits per heavy atom. The highest BCUT2D eigenvalue weighted by atomic mass is 19.1. The molecular weight excluding hydrogens is 315 g/mol. The van der Waals surface area contributed by atoms with Crippen molar-refractivity contribution < 1.29 is 18.8 Å². The number of hydrogen-bond acceptors (Lipinski definition) is 4. The largest absolute Gasteiger partial charge is 0.477 e. The first kappa shape index (κ1) is 17.4. The number of benzene rings is 2. The molecule has 0 aromatic heterocycles. The lowest BCUT2D eigenvalue weighted by atomic mass is 10.0. The van der Waals surface area contributed by atoms with E-state index in [1.807, 2.05) is 38.1 Å². The van der Waals surface area contributed by atoms with E-state index in [0.717, 1.165) is 29.3 Å². The lowest BCUT2D eigenvalue weighted by molar-refractivity contribution is -0.385. The number of carbonyl (C=O) groups is 1. The summed E-state index contributed by atoms with van der Waals surface area (Å²) in [5.74, 6) is -1.41. The van der Waals surface area contributed by atoms with E-state index >= 15 is 0 Å². The van der Waals surface area contributed by atoms with Crippen LogP contribution in [0.25, 0.3) is 0 Å². The van der Waals surface area contributed by atoms with Crippen LogP contribution in [0.4, 0.5) is 10.1 Å². The Labute approximate surface area is 138 Å². The van der Waals surface area contributed by atoms with E-state index in [2.05, 4.69) is 5.32 Å². The maximum absolute atomic E-state index is 13.2. The molecule has 24 heavy (non-hydrogen) atoms. The molecule has 0 fully saturated rings. The molecule has 0 radical (unpaired) electrons. The summed E-state index contributed by atoms with van der Waals surface area (Å²) in [6.07, 6.45) is 0. The number of rotatable bonds is 6. The quantitative estimate of drug-likeness (QED) is 0.650. The summed E-state index contributed by atoms with van der Waals surface area (Å²) in [5.41, 5.74) is 1.60. The Kier molecular flexibility index (Phi) is 5.47. The molecule has 0 heterocycles. The molecule has 0 unspecified atom stereocenters. The van der Waals surface area contributed by atoms with Gasteiger partial charge < -0.3 is 10.1 Å². The molecule has 0 spiro atoms. The minimum atomic E-state index is -0.692. The standard InChI is InChI=1S/C17H17FN2O4/c1-11-5-3-4-6-14(11)12(2)19-17(21)10-24-16-9-13(18)7-8-15(16)20(22)23/h3-9,12H,10H2,1-2H3,(H,19,21)/t12-/m0/s1. The molecule has 126 valence electrons. The fourth-order valence-electron chi connectivity index (χ4n) is 2.33. The topological polar surface area (TPSA) is 81.5 Å². The van der Waals surface area contributed by atoms with Gasteiger partial charge in [-0.15, -0.1) is 0 Å². The van der Waals surface area contributed by atoms with Crippen LogP contribution in [-0.4, -0.2) is 17.4 Å². The van der Waals surface area contributed by atoms with Gasteiger partial charge in [0.15, 0.2) is 6.61 Å². The van der Waals surface area contributed by atoms with Crippen LogP contribution < -0.4 is 10.1 Å². The molecule has 0 aliphatic carbocycles. The fourth-order valence-corrected chi connectivity index (χ4v) is 2.33. The zero-order chi connectivity index (χ0) is 17.7.